The van der Waals surface area contributed by atoms with Crippen molar-refractivity contribution in [2.24, 2.45) is 4.99 Å². The molecule has 0 spiro atoms. The second-order valence-corrected chi connectivity index (χ2v) is 3.49. The van der Waals surface area contributed by atoms with Gasteiger partial charge in [0.15, 0.2) is 0 Å². The molecular formula is C11H12BrN. The Morgan fingerprint density at radius 3 is 2.92 bits per heavy atom. The van der Waals surface area contributed by atoms with Crippen LogP contribution < -0.4 is 0 Å². The lowest BCUT2D eigenvalue weighted by Gasteiger charge is -2.01. The van der Waals surface area contributed by atoms with Gasteiger partial charge in [-0.15, -0.1) is 0 Å². The number of rotatable bonds is 3. The van der Waals surface area contributed by atoms with E-state index in [1.54, 1.807) is 6.08 Å². The molecule has 2 heteroatoms. The first-order valence-electron chi connectivity index (χ1n) is 4.20. The van der Waals surface area contributed by atoms with Gasteiger partial charge in [0.05, 0.1) is 5.71 Å². The number of hydrogen-bond acceptors (Lipinski definition) is 1. The van der Waals surface area contributed by atoms with Crippen LogP contribution in [0.1, 0.15) is 12.5 Å². The van der Waals surface area contributed by atoms with E-state index in [9.17, 15) is 0 Å². The lowest BCUT2D eigenvalue weighted by atomic mass is 10.1. The fourth-order valence-electron chi connectivity index (χ4n) is 1.09. The molecule has 0 aliphatic rings. The van der Waals surface area contributed by atoms with Crippen LogP contribution in [0.25, 0.3) is 0 Å². The topological polar surface area (TPSA) is 12.4 Å². The standard InChI is InChI=1S/C11H12BrN/c1-3-11(13-4-2)9-6-5-7-10(12)8-9/h3,5-8H,1,4H2,2H3. The van der Waals surface area contributed by atoms with Gasteiger partial charge in [0.2, 0.25) is 0 Å². The van der Waals surface area contributed by atoms with Gasteiger partial charge >= 0.3 is 0 Å². The Kier molecular flexibility index (Phi) is 3.90. The lowest BCUT2D eigenvalue weighted by Crippen LogP contribution is -1.96. The smallest absolute Gasteiger partial charge is 0.0640 e. The summed E-state index contributed by atoms with van der Waals surface area (Å²) in [4.78, 5) is 4.33. The summed E-state index contributed by atoms with van der Waals surface area (Å²) in [5, 5.41) is 0. The second kappa shape index (κ2) is 4.97. The van der Waals surface area contributed by atoms with Crippen LogP contribution in [0.3, 0.4) is 0 Å². The summed E-state index contributed by atoms with van der Waals surface area (Å²) < 4.78 is 1.07. The molecule has 0 bridgehead atoms. The SMILES string of the molecule is C=CC(=NCC)c1cccc(Br)c1. The average Bonchev–Trinajstić information content (AvgIpc) is 2.14. The molecular weight excluding hydrogens is 226 g/mol. The van der Waals surface area contributed by atoms with Crippen molar-refractivity contribution in [1.82, 2.24) is 0 Å². The van der Waals surface area contributed by atoms with E-state index < -0.39 is 0 Å². The Morgan fingerprint density at radius 1 is 1.62 bits per heavy atom. The van der Waals surface area contributed by atoms with Crippen molar-refractivity contribution >= 4 is 21.6 Å². The zero-order valence-electron chi connectivity index (χ0n) is 7.63. The van der Waals surface area contributed by atoms with E-state index in [0.29, 0.717) is 0 Å². The predicted molar refractivity (Wildman–Crippen MR) is 61.4 cm³/mol. The van der Waals surface area contributed by atoms with Gasteiger partial charge in [0, 0.05) is 16.6 Å². The zero-order chi connectivity index (χ0) is 9.68. The van der Waals surface area contributed by atoms with Crippen LogP contribution in [0.4, 0.5) is 0 Å². The summed E-state index contributed by atoms with van der Waals surface area (Å²) in [7, 11) is 0. The number of aliphatic imine (C=N–C) groups is 1. The molecule has 0 fully saturated rings. The van der Waals surface area contributed by atoms with Crippen LogP contribution in [0.5, 0.6) is 0 Å². The van der Waals surface area contributed by atoms with Crippen molar-refractivity contribution in [2.75, 3.05) is 6.54 Å². The number of halogens is 1. The van der Waals surface area contributed by atoms with Gasteiger partial charge in [0.1, 0.15) is 0 Å². The van der Waals surface area contributed by atoms with E-state index in [0.717, 1.165) is 22.3 Å². The summed E-state index contributed by atoms with van der Waals surface area (Å²) in [6.45, 7) is 6.54. The minimum absolute atomic E-state index is 0.786. The first-order chi connectivity index (χ1) is 6.27. The summed E-state index contributed by atoms with van der Waals surface area (Å²) in [5.41, 5.74) is 2.05. The van der Waals surface area contributed by atoms with Gasteiger partial charge in [-0.2, -0.15) is 0 Å². The van der Waals surface area contributed by atoms with E-state index in [1.807, 2.05) is 31.2 Å². The largest absolute Gasteiger partial charge is 0.285 e. The Labute approximate surface area is 87.3 Å². The molecule has 1 aromatic carbocycles. The summed E-state index contributed by atoms with van der Waals surface area (Å²) in [6, 6.07) is 8.06. The molecule has 0 N–H and O–H groups in total. The summed E-state index contributed by atoms with van der Waals surface area (Å²) in [5.74, 6) is 0. The number of benzene rings is 1. The van der Waals surface area contributed by atoms with Crippen LogP contribution in [-0.4, -0.2) is 12.3 Å². The first kappa shape index (κ1) is 10.2. The highest BCUT2D eigenvalue weighted by Crippen LogP contribution is 2.12. The molecule has 1 aromatic rings. The van der Waals surface area contributed by atoms with Gasteiger partial charge in [-0.3, -0.25) is 4.99 Å². The molecule has 0 heterocycles. The number of nitrogens with zero attached hydrogens (tertiary/aromatic N) is 1. The molecule has 0 saturated heterocycles. The average molecular weight is 238 g/mol. The number of allylic oxidation sites excluding steroid dienone is 1. The van der Waals surface area contributed by atoms with Gasteiger partial charge in [0.25, 0.3) is 0 Å². The maximum Gasteiger partial charge on any atom is 0.0640 e. The molecule has 13 heavy (non-hydrogen) atoms. The van der Waals surface area contributed by atoms with Crippen LogP contribution >= 0.6 is 15.9 Å². The molecule has 0 unspecified atom stereocenters. The van der Waals surface area contributed by atoms with Crippen LogP contribution in [-0.2, 0) is 0 Å². The van der Waals surface area contributed by atoms with E-state index in [1.165, 1.54) is 0 Å². The molecule has 0 aliphatic carbocycles. The lowest BCUT2D eigenvalue weighted by molar-refractivity contribution is 1.13. The van der Waals surface area contributed by atoms with Crippen molar-refractivity contribution in [2.45, 2.75) is 6.92 Å². The van der Waals surface area contributed by atoms with Crippen LogP contribution in [0.2, 0.25) is 0 Å². The van der Waals surface area contributed by atoms with E-state index in [2.05, 4.69) is 27.5 Å². The Hall–Kier alpha value is -0.890. The van der Waals surface area contributed by atoms with E-state index >= 15 is 0 Å². The highest BCUT2D eigenvalue weighted by molar-refractivity contribution is 9.10. The third-order valence-electron chi connectivity index (χ3n) is 1.64. The fourth-order valence-corrected chi connectivity index (χ4v) is 1.49. The molecule has 0 radical (unpaired) electrons. The van der Waals surface area contributed by atoms with E-state index in [-0.39, 0.29) is 0 Å². The third kappa shape index (κ3) is 2.81. The Balaban J connectivity index is 3.05. The minimum atomic E-state index is 0.786. The second-order valence-electron chi connectivity index (χ2n) is 2.57. The van der Waals surface area contributed by atoms with Gasteiger partial charge in [-0.25, -0.2) is 0 Å². The van der Waals surface area contributed by atoms with Gasteiger partial charge < -0.3 is 0 Å². The summed E-state index contributed by atoms with van der Waals surface area (Å²) >= 11 is 3.42. The van der Waals surface area contributed by atoms with Crippen molar-refractivity contribution in [3.63, 3.8) is 0 Å². The highest BCUT2D eigenvalue weighted by atomic mass is 79.9. The maximum absolute atomic E-state index is 4.33. The molecule has 68 valence electrons. The Bertz CT molecular complexity index is 329. The molecule has 1 rings (SSSR count). The fraction of sp³-hybridized carbons (Fsp3) is 0.182. The molecule has 0 atom stereocenters. The van der Waals surface area contributed by atoms with E-state index in [4.69, 9.17) is 0 Å². The molecule has 1 nitrogen and oxygen atoms in total. The predicted octanol–water partition coefficient (Wildman–Crippen LogP) is 3.44. The van der Waals surface area contributed by atoms with Gasteiger partial charge in [-0.1, -0.05) is 34.6 Å². The van der Waals surface area contributed by atoms with Crippen LogP contribution in [0, 0.1) is 0 Å². The number of hydrogen-bond donors (Lipinski definition) is 0. The zero-order valence-corrected chi connectivity index (χ0v) is 9.21. The van der Waals surface area contributed by atoms with Gasteiger partial charge in [-0.05, 0) is 25.1 Å². The quantitative estimate of drug-likeness (QED) is 0.715. The molecule has 0 saturated carbocycles. The Morgan fingerprint density at radius 2 is 2.38 bits per heavy atom. The third-order valence-corrected chi connectivity index (χ3v) is 2.14. The molecule has 0 amide bonds. The highest BCUT2D eigenvalue weighted by Gasteiger charge is 1.97. The summed E-state index contributed by atoms with van der Waals surface area (Å²) in [6.07, 6.45) is 1.78. The van der Waals surface area contributed by atoms with Crippen LogP contribution in [0.15, 0.2) is 46.4 Å². The minimum Gasteiger partial charge on any atom is -0.285 e. The first-order valence-corrected chi connectivity index (χ1v) is 5.00. The van der Waals surface area contributed by atoms with Crippen molar-refractivity contribution in [1.29, 1.82) is 0 Å². The maximum atomic E-state index is 4.33. The molecule has 0 aliphatic heterocycles. The molecule has 0 aromatic heterocycles. The monoisotopic (exact) mass is 237 g/mol. The van der Waals surface area contributed by atoms with Crippen molar-refractivity contribution in [3.8, 4) is 0 Å². The normalized spacial score (nSPS) is 11.4. The van der Waals surface area contributed by atoms with Crippen molar-refractivity contribution < 1.29 is 0 Å². The van der Waals surface area contributed by atoms with Crippen molar-refractivity contribution in [3.05, 3.63) is 47.0 Å².